The van der Waals surface area contributed by atoms with Crippen LogP contribution in [0.1, 0.15) is 65.7 Å². The number of piperidine rings is 1. The molecule has 2 fully saturated rings. The van der Waals surface area contributed by atoms with Gasteiger partial charge in [0.1, 0.15) is 0 Å². The van der Waals surface area contributed by atoms with Crippen molar-refractivity contribution in [2.75, 3.05) is 19.6 Å². The van der Waals surface area contributed by atoms with Gasteiger partial charge in [0, 0.05) is 12.1 Å². The van der Waals surface area contributed by atoms with Gasteiger partial charge in [-0.2, -0.15) is 0 Å². The fourth-order valence-corrected chi connectivity index (χ4v) is 3.75. The Balaban J connectivity index is 1.61. The second-order valence-corrected chi connectivity index (χ2v) is 7.12. The van der Waals surface area contributed by atoms with Gasteiger partial charge in [-0.1, -0.05) is 26.7 Å². The van der Waals surface area contributed by atoms with E-state index in [0.717, 1.165) is 12.1 Å². The Morgan fingerprint density at radius 2 is 2.00 bits per heavy atom. The van der Waals surface area contributed by atoms with Crippen LogP contribution in [0, 0.1) is 5.41 Å². The maximum absolute atomic E-state index is 3.80. The van der Waals surface area contributed by atoms with E-state index in [2.05, 4.69) is 31.0 Å². The highest BCUT2D eigenvalue weighted by molar-refractivity contribution is 4.90. The van der Waals surface area contributed by atoms with Crippen molar-refractivity contribution in [3.05, 3.63) is 0 Å². The zero-order chi connectivity index (χ0) is 13.0. The van der Waals surface area contributed by atoms with Crippen LogP contribution < -0.4 is 5.32 Å². The van der Waals surface area contributed by atoms with Gasteiger partial charge >= 0.3 is 0 Å². The summed E-state index contributed by atoms with van der Waals surface area (Å²) in [7, 11) is 0. The van der Waals surface area contributed by atoms with Crippen molar-refractivity contribution in [2.24, 2.45) is 5.41 Å². The van der Waals surface area contributed by atoms with Crippen LogP contribution in [0.2, 0.25) is 0 Å². The summed E-state index contributed by atoms with van der Waals surface area (Å²) < 4.78 is 0. The highest BCUT2D eigenvalue weighted by atomic mass is 15.2. The van der Waals surface area contributed by atoms with Crippen molar-refractivity contribution in [3.63, 3.8) is 0 Å². The number of rotatable bonds is 5. The second kappa shape index (κ2) is 6.38. The lowest BCUT2D eigenvalue weighted by molar-refractivity contribution is 0.157. The lowest BCUT2D eigenvalue weighted by Crippen LogP contribution is -2.41. The first kappa shape index (κ1) is 14.3. The van der Waals surface area contributed by atoms with Crippen LogP contribution in [0.15, 0.2) is 0 Å². The molecule has 0 radical (unpaired) electrons. The minimum absolute atomic E-state index is 0.526. The summed E-state index contributed by atoms with van der Waals surface area (Å²) in [4.78, 5) is 2.69. The van der Waals surface area contributed by atoms with Crippen LogP contribution in [-0.2, 0) is 0 Å². The number of nitrogens with zero attached hydrogens (tertiary/aromatic N) is 1. The van der Waals surface area contributed by atoms with E-state index < -0.39 is 0 Å². The molecule has 0 aromatic heterocycles. The average molecular weight is 252 g/mol. The van der Waals surface area contributed by atoms with Crippen LogP contribution in [-0.4, -0.2) is 36.6 Å². The number of likely N-dealkylation sites (tertiary alicyclic amines) is 1. The molecule has 1 saturated carbocycles. The predicted molar refractivity (Wildman–Crippen MR) is 78.9 cm³/mol. The number of hydrogen-bond donors (Lipinski definition) is 1. The first-order valence-electron chi connectivity index (χ1n) is 8.07. The van der Waals surface area contributed by atoms with Crippen LogP contribution >= 0.6 is 0 Å². The molecule has 2 atom stereocenters. The topological polar surface area (TPSA) is 15.3 Å². The SMILES string of the molecule is CC1CCCCN1CCCNC1CCCC1(C)C. The third kappa shape index (κ3) is 3.71. The minimum Gasteiger partial charge on any atom is -0.313 e. The zero-order valence-corrected chi connectivity index (χ0v) is 12.7. The van der Waals surface area contributed by atoms with Gasteiger partial charge in [0.25, 0.3) is 0 Å². The first-order valence-corrected chi connectivity index (χ1v) is 8.07. The molecule has 0 aromatic rings. The zero-order valence-electron chi connectivity index (χ0n) is 12.7. The van der Waals surface area contributed by atoms with Gasteiger partial charge in [0.2, 0.25) is 0 Å². The summed E-state index contributed by atoms with van der Waals surface area (Å²) >= 11 is 0. The lowest BCUT2D eigenvalue weighted by atomic mass is 9.87. The van der Waals surface area contributed by atoms with E-state index in [1.807, 2.05) is 0 Å². The Morgan fingerprint density at radius 1 is 1.17 bits per heavy atom. The van der Waals surface area contributed by atoms with Gasteiger partial charge in [0.15, 0.2) is 0 Å². The molecule has 1 saturated heterocycles. The summed E-state index contributed by atoms with van der Waals surface area (Å²) in [5.41, 5.74) is 0.526. The molecule has 2 rings (SSSR count). The maximum Gasteiger partial charge on any atom is 0.0118 e. The molecule has 2 unspecified atom stereocenters. The van der Waals surface area contributed by atoms with Gasteiger partial charge in [0.05, 0.1) is 0 Å². The van der Waals surface area contributed by atoms with Crippen molar-refractivity contribution in [3.8, 4) is 0 Å². The molecule has 1 heterocycles. The van der Waals surface area contributed by atoms with Gasteiger partial charge in [-0.3, -0.25) is 0 Å². The Hall–Kier alpha value is -0.0800. The first-order chi connectivity index (χ1) is 8.59. The molecular formula is C16H32N2. The molecule has 1 aliphatic carbocycles. The Morgan fingerprint density at radius 3 is 2.67 bits per heavy atom. The van der Waals surface area contributed by atoms with Gasteiger partial charge in [-0.05, 0) is 64.1 Å². The van der Waals surface area contributed by atoms with Crippen LogP contribution in [0.25, 0.3) is 0 Å². The van der Waals surface area contributed by atoms with Gasteiger partial charge < -0.3 is 10.2 Å². The summed E-state index contributed by atoms with van der Waals surface area (Å²) in [6, 6.07) is 1.58. The number of nitrogens with one attached hydrogen (secondary N) is 1. The molecule has 1 N–H and O–H groups in total. The third-order valence-corrected chi connectivity index (χ3v) is 5.21. The standard InChI is InChI=1S/C16H32N2/c1-14-8-4-5-12-18(14)13-7-11-17-15-9-6-10-16(15,2)3/h14-15,17H,4-13H2,1-3H3. The fourth-order valence-electron chi connectivity index (χ4n) is 3.75. The maximum atomic E-state index is 3.80. The van der Waals surface area contributed by atoms with Crippen molar-refractivity contribution in [1.82, 2.24) is 10.2 Å². The Kier molecular flexibility index (Phi) is 5.08. The molecule has 2 aliphatic rings. The fraction of sp³-hybridized carbons (Fsp3) is 1.00. The predicted octanol–water partition coefficient (Wildman–Crippen LogP) is 3.42. The average Bonchev–Trinajstić information content (AvgIpc) is 2.66. The highest BCUT2D eigenvalue weighted by Crippen LogP contribution is 2.37. The normalized spacial score (nSPS) is 32.8. The van der Waals surface area contributed by atoms with Gasteiger partial charge in [-0.25, -0.2) is 0 Å². The van der Waals surface area contributed by atoms with Crippen molar-refractivity contribution in [1.29, 1.82) is 0 Å². The van der Waals surface area contributed by atoms with E-state index in [-0.39, 0.29) is 0 Å². The van der Waals surface area contributed by atoms with Crippen LogP contribution in [0.4, 0.5) is 0 Å². The lowest BCUT2D eigenvalue weighted by Gasteiger charge is -2.34. The minimum atomic E-state index is 0.526. The molecule has 106 valence electrons. The number of hydrogen-bond acceptors (Lipinski definition) is 2. The molecule has 18 heavy (non-hydrogen) atoms. The third-order valence-electron chi connectivity index (χ3n) is 5.21. The Bertz CT molecular complexity index is 249. The molecule has 1 aliphatic heterocycles. The van der Waals surface area contributed by atoms with Crippen molar-refractivity contribution in [2.45, 2.75) is 77.8 Å². The molecular weight excluding hydrogens is 220 g/mol. The van der Waals surface area contributed by atoms with Gasteiger partial charge in [-0.15, -0.1) is 0 Å². The molecule has 2 nitrogen and oxygen atoms in total. The largest absolute Gasteiger partial charge is 0.313 e. The monoisotopic (exact) mass is 252 g/mol. The second-order valence-electron chi connectivity index (χ2n) is 7.12. The van der Waals surface area contributed by atoms with Crippen LogP contribution in [0.5, 0.6) is 0 Å². The highest BCUT2D eigenvalue weighted by Gasteiger charge is 2.33. The summed E-state index contributed by atoms with van der Waals surface area (Å²) in [6.45, 7) is 11.1. The summed E-state index contributed by atoms with van der Waals surface area (Å²) in [6.07, 6.45) is 9.76. The summed E-state index contributed by atoms with van der Waals surface area (Å²) in [5, 5.41) is 3.80. The van der Waals surface area contributed by atoms with E-state index in [4.69, 9.17) is 0 Å². The Labute approximate surface area is 114 Å². The molecule has 0 spiro atoms. The van der Waals surface area contributed by atoms with E-state index in [1.54, 1.807) is 0 Å². The summed E-state index contributed by atoms with van der Waals surface area (Å²) in [5.74, 6) is 0. The molecule has 2 heteroatoms. The van der Waals surface area contributed by atoms with E-state index in [1.165, 1.54) is 64.6 Å². The van der Waals surface area contributed by atoms with E-state index in [0.29, 0.717) is 5.41 Å². The van der Waals surface area contributed by atoms with Crippen molar-refractivity contribution >= 4 is 0 Å². The smallest absolute Gasteiger partial charge is 0.0118 e. The molecule has 0 bridgehead atoms. The quantitative estimate of drug-likeness (QED) is 0.754. The molecule has 0 amide bonds. The van der Waals surface area contributed by atoms with E-state index in [9.17, 15) is 0 Å². The van der Waals surface area contributed by atoms with Crippen molar-refractivity contribution < 1.29 is 0 Å². The van der Waals surface area contributed by atoms with E-state index >= 15 is 0 Å². The van der Waals surface area contributed by atoms with Crippen LogP contribution in [0.3, 0.4) is 0 Å². The molecule has 0 aromatic carbocycles.